The predicted octanol–water partition coefficient (Wildman–Crippen LogP) is 0.768. The fraction of sp³-hybridized carbons (Fsp3) is 0.929. The monoisotopic (exact) mass is 270 g/mol. The van der Waals surface area contributed by atoms with Gasteiger partial charge in [-0.1, -0.05) is 6.92 Å². The molecule has 5 nitrogen and oxygen atoms in total. The van der Waals surface area contributed by atoms with Crippen molar-refractivity contribution >= 4 is 5.91 Å². The van der Waals surface area contributed by atoms with Gasteiger partial charge in [0.05, 0.1) is 12.7 Å². The number of amides is 1. The average Bonchev–Trinajstić information content (AvgIpc) is 2.91. The molecule has 2 saturated heterocycles. The number of hydrogen-bond acceptors (Lipinski definition) is 4. The summed E-state index contributed by atoms with van der Waals surface area (Å²) in [6.45, 7) is 5.03. The fourth-order valence-corrected chi connectivity index (χ4v) is 3.05. The summed E-state index contributed by atoms with van der Waals surface area (Å²) in [7, 11) is 0. The number of carbonyl (C=O) groups is 1. The molecule has 110 valence electrons. The maximum atomic E-state index is 12.2. The number of piperidine rings is 1. The van der Waals surface area contributed by atoms with E-state index in [0.29, 0.717) is 19.1 Å². The highest BCUT2D eigenvalue weighted by atomic mass is 16.5. The lowest BCUT2D eigenvalue weighted by molar-refractivity contribution is -0.142. The average molecular weight is 270 g/mol. The second-order valence-electron chi connectivity index (χ2n) is 5.66. The molecular weight excluding hydrogens is 244 g/mol. The second kappa shape index (κ2) is 7.22. The van der Waals surface area contributed by atoms with E-state index in [1.54, 1.807) is 0 Å². The minimum atomic E-state index is 0.0694. The molecule has 0 bridgehead atoms. The van der Waals surface area contributed by atoms with Crippen molar-refractivity contribution in [2.45, 2.75) is 44.8 Å². The summed E-state index contributed by atoms with van der Waals surface area (Å²) in [5, 5.41) is 0. The van der Waals surface area contributed by atoms with Gasteiger partial charge in [-0.2, -0.15) is 0 Å². The highest BCUT2D eigenvalue weighted by molar-refractivity contribution is 5.78. The molecule has 0 saturated carbocycles. The molecule has 0 aromatic rings. The Morgan fingerprint density at radius 3 is 2.95 bits per heavy atom. The maximum absolute atomic E-state index is 12.2. The smallest absolute Gasteiger partial charge is 0.248 e. The van der Waals surface area contributed by atoms with Crippen LogP contribution >= 0.6 is 0 Å². The molecule has 2 aliphatic heterocycles. The molecule has 0 aromatic heterocycles. The summed E-state index contributed by atoms with van der Waals surface area (Å²) in [6.07, 6.45) is 4.54. The molecule has 3 atom stereocenters. The van der Waals surface area contributed by atoms with E-state index in [-0.39, 0.29) is 24.7 Å². The van der Waals surface area contributed by atoms with Gasteiger partial charge in [-0.25, -0.2) is 0 Å². The van der Waals surface area contributed by atoms with Crippen molar-refractivity contribution in [3.8, 4) is 0 Å². The van der Waals surface area contributed by atoms with Crippen molar-refractivity contribution in [1.82, 2.24) is 4.90 Å². The van der Waals surface area contributed by atoms with E-state index in [0.717, 1.165) is 38.8 Å². The van der Waals surface area contributed by atoms with Crippen molar-refractivity contribution < 1.29 is 14.3 Å². The topological polar surface area (TPSA) is 64.8 Å². The van der Waals surface area contributed by atoms with Crippen molar-refractivity contribution in [2.75, 3.05) is 32.9 Å². The molecule has 0 aromatic carbocycles. The summed E-state index contributed by atoms with van der Waals surface area (Å²) in [4.78, 5) is 14.1. The molecule has 1 amide bonds. The van der Waals surface area contributed by atoms with Gasteiger partial charge in [-0.3, -0.25) is 4.79 Å². The van der Waals surface area contributed by atoms with Crippen LogP contribution in [0.1, 0.15) is 32.6 Å². The van der Waals surface area contributed by atoms with E-state index in [4.69, 9.17) is 15.2 Å². The molecule has 0 aliphatic carbocycles. The van der Waals surface area contributed by atoms with Gasteiger partial charge in [0.25, 0.3) is 0 Å². The first kappa shape index (κ1) is 14.8. The summed E-state index contributed by atoms with van der Waals surface area (Å²) >= 11 is 0. The number of nitrogens with two attached hydrogens (primary N) is 1. The van der Waals surface area contributed by atoms with Crippen LogP contribution in [0.25, 0.3) is 0 Å². The van der Waals surface area contributed by atoms with Crippen LogP contribution in [0.15, 0.2) is 0 Å². The first-order chi connectivity index (χ1) is 9.22. The zero-order valence-electron chi connectivity index (χ0n) is 11.8. The third-order valence-electron chi connectivity index (χ3n) is 4.23. The molecule has 2 fully saturated rings. The Kier molecular flexibility index (Phi) is 5.60. The first-order valence-electron chi connectivity index (χ1n) is 7.41. The Labute approximate surface area is 115 Å². The zero-order valence-corrected chi connectivity index (χ0v) is 11.8. The van der Waals surface area contributed by atoms with E-state index in [2.05, 4.69) is 6.92 Å². The summed E-state index contributed by atoms with van der Waals surface area (Å²) in [6, 6.07) is 0.174. The number of rotatable bonds is 5. The van der Waals surface area contributed by atoms with E-state index in [1.807, 2.05) is 4.90 Å². The van der Waals surface area contributed by atoms with Crippen molar-refractivity contribution in [3.63, 3.8) is 0 Å². The number of nitrogens with zero attached hydrogens (tertiary/aromatic N) is 1. The number of likely N-dealkylation sites (tertiary alicyclic amines) is 1. The highest BCUT2D eigenvalue weighted by Gasteiger charge is 2.30. The minimum Gasteiger partial charge on any atom is -0.376 e. The van der Waals surface area contributed by atoms with Gasteiger partial charge < -0.3 is 20.1 Å². The van der Waals surface area contributed by atoms with Crippen LogP contribution in [0.3, 0.4) is 0 Å². The van der Waals surface area contributed by atoms with Crippen LogP contribution in [-0.4, -0.2) is 55.9 Å². The molecule has 2 rings (SSSR count). The molecule has 0 spiro atoms. The third kappa shape index (κ3) is 3.91. The van der Waals surface area contributed by atoms with E-state index >= 15 is 0 Å². The van der Waals surface area contributed by atoms with Gasteiger partial charge in [0.1, 0.15) is 6.61 Å². The molecule has 0 radical (unpaired) electrons. The number of carbonyl (C=O) groups excluding carboxylic acids is 1. The van der Waals surface area contributed by atoms with Gasteiger partial charge in [0.15, 0.2) is 0 Å². The normalized spacial score (nSPS) is 31.7. The van der Waals surface area contributed by atoms with Crippen molar-refractivity contribution in [1.29, 1.82) is 0 Å². The van der Waals surface area contributed by atoms with Gasteiger partial charge in [-0.05, 0) is 31.6 Å². The molecular formula is C14H26N2O3. The van der Waals surface area contributed by atoms with Crippen LogP contribution < -0.4 is 5.73 Å². The lowest BCUT2D eigenvalue weighted by Crippen LogP contribution is -2.52. The lowest BCUT2D eigenvalue weighted by Gasteiger charge is -2.39. The Morgan fingerprint density at radius 1 is 1.42 bits per heavy atom. The van der Waals surface area contributed by atoms with Crippen molar-refractivity contribution in [3.05, 3.63) is 0 Å². The largest absolute Gasteiger partial charge is 0.376 e. The fourth-order valence-electron chi connectivity index (χ4n) is 3.05. The van der Waals surface area contributed by atoms with Gasteiger partial charge >= 0.3 is 0 Å². The quantitative estimate of drug-likeness (QED) is 0.801. The molecule has 19 heavy (non-hydrogen) atoms. The maximum Gasteiger partial charge on any atom is 0.248 e. The molecule has 2 aliphatic rings. The summed E-state index contributed by atoms with van der Waals surface area (Å²) in [5.41, 5.74) is 5.80. The first-order valence-corrected chi connectivity index (χ1v) is 7.41. The third-order valence-corrected chi connectivity index (χ3v) is 4.23. The molecule has 2 heterocycles. The predicted molar refractivity (Wildman–Crippen MR) is 72.7 cm³/mol. The van der Waals surface area contributed by atoms with Gasteiger partial charge in [-0.15, -0.1) is 0 Å². The Balaban J connectivity index is 1.74. The number of ether oxygens (including phenoxy) is 2. The molecule has 2 N–H and O–H groups in total. The van der Waals surface area contributed by atoms with Gasteiger partial charge in [0, 0.05) is 25.7 Å². The Bertz CT molecular complexity index is 292. The van der Waals surface area contributed by atoms with Crippen LogP contribution in [0, 0.1) is 5.92 Å². The Hall–Kier alpha value is -0.650. The van der Waals surface area contributed by atoms with Crippen LogP contribution in [0.2, 0.25) is 0 Å². The van der Waals surface area contributed by atoms with Crippen LogP contribution in [0.5, 0.6) is 0 Å². The molecule has 3 unspecified atom stereocenters. The number of hydrogen-bond donors (Lipinski definition) is 1. The second-order valence-corrected chi connectivity index (χ2v) is 5.66. The SMILES string of the molecule is CC1CCCN(C(=O)COCC2CCCO2)C1CN. The molecule has 5 heteroatoms. The minimum absolute atomic E-state index is 0.0694. The van der Waals surface area contributed by atoms with E-state index < -0.39 is 0 Å². The highest BCUT2D eigenvalue weighted by Crippen LogP contribution is 2.22. The standard InChI is InChI=1S/C14H26N2O3/c1-11-4-2-6-16(13(11)8-15)14(17)10-18-9-12-5-3-7-19-12/h11-13H,2-10,15H2,1H3. The van der Waals surface area contributed by atoms with E-state index in [9.17, 15) is 4.79 Å². The van der Waals surface area contributed by atoms with Crippen LogP contribution in [-0.2, 0) is 14.3 Å². The lowest BCUT2D eigenvalue weighted by atomic mass is 9.91. The Morgan fingerprint density at radius 2 is 2.26 bits per heavy atom. The zero-order chi connectivity index (χ0) is 13.7. The van der Waals surface area contributed by atoms with E-state index in [1.165, 1.54) is 0 Å². The van der Waals surface area contributed by atoms with Crippen LogP contribution in [0.4, 0.5) is 0 Å². The van der Waals surface area contributed by atoms with Crippen molar-refractivity contribution in [2.24, 2.45) is 11.7 Å². The van der Waals surface area contributed by atoms with Gasteiger partial charge in [0.2, 0.25) is 5.91 Å². The summed E-state index contributed by atoms with van der Waals surface area (Å²) < 4.78 is 11.0. The summed E-state index contributed by atoms with van der Waals surface area (Å²) in [5.74, 6) is 0.556.